The molecular weight excluding hydrogens is 262 g/mol. The van der Waals surface area contributed by atoms with Gasteiger partial charge in [0.05, 0.1) is 18.2 Å². The van der Waals surface area contributed by atoms with E-state index in [1.54, 1.807) is 0 Å². The van der Waals surface area contributed by atoms with Gasteiger partial charge in [-0.3, -0.25) is 4.79 Å². The number of hydrogen-bond donors (Lipinski definition) is 2. The summed E-state index contributed by atoms with van der Waals surface area (Å²) in [6.07, 6.45) is 1.22. The van der Waals surface area contributed by atoms with Crippen LogP contribution in [0.1, 0.15) is 41.4 Å². The van der Waals surface area contributed by atoms with Crippen LogP contribution in [0.25, 0.3) is 0 Å². The van der Waals surface area contributed by atoms with Gasteiger partial charge < -0.3 is 15.5 Å². The molecule has 0 saturated carbocycles. The van der Waals surface area contributed by atoms with E-state index in [4.69, 9.17) is 10.2 Å². The van der Waals surface area contributed by atoms with Crippen LogP contribution in [0.5, 0.6) is 0 Å². The van der Waals surface area contributed by atoms with Crippen molar-refractivity contribution in [1.82, 2.24) is 10.3 Å². The molecule has 1 atom stereocenters. The van der Waals surface area contributed by atoms with Crippen LogP contribution in [-0.4, -0.2) is 10.9 Å². The maximum absolute atomic E-state index is 11.8. The van der Waals surface area contributed by atoms with Gasteiger partial charge in [0, 0.05) is 17.7 Å². The third-order valence-corrected chi connectivity index (χ3v) is 4.32. The highest BCUT2D eigenvalue weighted by atomic mass is 32.1. The minimum Gasteiger partial charge on any atom is -0.465 e. The lowest BCUT2D eigenvalue weighted by atomic mass is 10.00. The smallest absolute Gasteiger partial charge is 0.221 e. The Bertz CT molecular complexity index is 617. The molecule has 1 aliphatic rings. The van der Waals surface area contributed by atoms with Crippen molar-refractivity contribution >= 4 is 22.4 Å². The molecule has 5 nitrogen and oxygen atoms in total. The summed E-state index contributed by atoms with van der Waals surface area (Å²) in [6.45, 7) is 2.48. The molecule has 3 heterocycles. The number of anilines is 1. The second kappa shape index (κ2) is 4.70. The molecule has 3 N–H and O–H groups in total. The number of nitrogens with two attached hydrogens (primary N) is 1. The standard InChI is InChI=1S/C13H15N3O2S/c1-2-7-3-4-10(18-7)8-5-11(17)15-6-9-12(8)19-13(14)16-9/h3-4,8H,2,5-6H2,1H3,(H2,14,16)(H,15,17). The van der Waals surface area contributed by atoms with Crippen LogP contribution in [0.3, 0.4) is 0 Å². The molecule has 2 aromatic rings. The molecule has 1 aliphatic heterocycles. The fourth-order valence-electron chi connectivity index (χ4n) is 2.32. The van der Waals surface area contributed by atoms with Gasteiger partial charge in [-0.05, 0) is 12.1 Å². The number of carbonyl (C=O) groups is 1. The van der Waals surface area contributed by atoms with Crippen molar-refractivity contribution < 1.29 is 9.21 Å². The SMILES string of the molecule is CCc1ccc(C2CC(=O)NCc3nc(N)sc32)o1. The molecule has 0 aromatic carbocycles. The summed E-state index contributed by atoms with van der Waals surface area (Å²) in [6, 6.07) is 3.91. The minimum absolute atomic E-state index is 0.0169. The number of nitrogens with one attached hydrogen (secondary N) is 1. The van der Waals surface area contributed by atoms with E-state index in [9.17, 15) is 4.79 Å². The average molecular weight is 277 g/mol. The van der Waals surface area contributed by atoms with Gasteiger partial charge in [0.1, 0.15) is 11.5 Å². The van der Waals surface area contributed by atoms with Crippen LogP contribution >= 0.6 is 11.3 Å². The zero-order chi connectivity index (χ0) is 13.4. The summed E-state index contributed by atoms with van der Waals surface area (Å²) in [4.78, 5) is 17.1. The van der Waals surface area contributed by atoms with Crippen LogP contribution in [0.15, 0.2) is 16.5 Å². The number of amides is 1. The maximum Gasteiger partial charge on any atom is 0.221 e. The summed E-state index contributed by atoms with van der Waals surface area (Å²) in [5.74, 6) is 1.69. The number of fused-ring (bicyclic) bond motifs is 1. The summed E-state index contributed by atoms with van der Waals surface area (Å²) >= 11 is 1.44. The Balaban J connectivity index is 2.04. The van der Waals surface area contributed by atoms with Gasteiger partial charge in [-0.1, -0.05) is 6.92 Å². The molecule has 0 fully saturated rings. The van der Waals surface area contributed by atoms with E-state index in [0.717, 1.165) is 28.5 Å². The van der Waals surface area contributed by atoms with Crippen molar-refractivity contribution in [3.63, 3.8) is 0 Å². The lowest BCUT2D eigenvalue weighted by molar-refractivity contribution is -0.121. The van der Waals surface area contributed by atoms with Gasteiger partial charge >= 0.3 is 0 Å². The van der Waals surface area contributed by atoms with E-state index in [1.807, 2.05) is 19.1 Å². The monoisotopic (exact) mass is 277 g/mol. The summed E-state index contributed by atoms with van der Waals surface area (Å²) in [7, 11) is 0. The number of thiazole rings is 1. The number of furan rings is 1. The Morgan fingerprint density at radius 1 is 1.58 bits per heavy atom. The lowest BCUT2D eigenvalue weighted by Gasteiger charge is -2.09. The van der Waals surface area contributed by atoms with Gasteiger partial charge in [0.15, 0.2) is 5.13 Å². The van der Waals surface area contributed by atoms with Gasteiger partial charge in [-0.2, -0.15) is 0 Å². The van der Waals surface area contributed by atoms with E-state index in [2.05, 4.69) is 10.3 Å². The largest absolute Gasteiger partial charge is 0.465 e. The number of rotatable bonds is 2. The van der Waals surface area contributed by atoms with E-state index >= 15 is 0 Å². The predicted molar refractivity (Wildman–Crippen MR) is 72.9 cm³/mol. The van der Waals surface area contributed by atoms with Crippen LogP contribution < -0.4 is 11.1 Å². The Kier molecular flexibility index (Phi) is 3.02. The van der Waals surface area contributed by atoms with Crippen molar-refractivity contribution in [1.29, 1.82) is 0 Å². The fraction of sp³-hybridized carbons (Fsp3) is 0.385. The first-order valence-electron chi connectivity index (χ1n) is 6.27. The van der Waals surface area contributed by atoms with E-state index in [0.29, 0.717) is 18.1 Å². The predicted octanol–water partition coefficient (Wildman–Crippen LogP) is 2.03. The fourth-order valence-corrected chi connectivity index (χ4v) is 3.27. The highest BCUT2D eigenvalue weighted by Gasteiger charge is 2.29. The Morgan fingerprint density at radius 2 is 2.42 bits per heavy atom. The lowest BCUT2D eigenvalue weighted by Crippen LogP contribution is -2.21. The third-order valence-electron chi connectivity index (χ3n) is 3.28. The van der Waals surface area contributed by atoms with E-state index < -0.39 is 0 Å². The van der Waals surface area contributed by atoms with Crippen molar-refractivity contribution in [2.45, 2.75) is 32.2 Å². The number of aromatic nitrogens is 1. The molecule has 1 unspecified atom stereocenters. The first kappa shape index (κ1) is 12.2. The molecule has 6 heteroatoms. The van der Waals surface area contributed by atoms with E-state index in [1.165, 1.54) is 11.3 Å². The zero-order valence-electron chi connectivity index (χ0n) is 10.6. The van der Waals surface area contributed by atoms with Gasteiger partial charge in [-0.25, -0.2) is 4.98 Å². The normalized spacial score (nSPS) is 18.8. The molecule has 0 aliphatic carbocycles. The van der Waals surface area contributed by atoms with Crippen LogP contribution in [0.2, 0.25) is 0 Å². The molecule has 3 rings (SSSR count). The van der Waals surface area contributed by atoms with Crippen molar-refractivity contribution in [2.75, 3.05) is 5.73 Å². The number of nitrogens with zero attached hydrogens (tertiary/aromatic N) is 1. The zero-order valence-corrected chi connectivity index (χ0v) is 11.4. The molecule has 0 radical (unpaired) electrons. The Morgan fingerprint density at radius 3 is 3.16 bits per heavy atom. The number of carbonyl (C=O) groups excluding carboxylic acids is 1. The molecule has 0 bridgehead atoms. The van der Waals surface area contributed by atoms with Crippen LogP contribution in [0, 0.1) is 0 Å². The van der Waals surface area contributed by atoms with Crippen molar-refractivity contribution in [3.05, 3.63) is 34.2 Å². The highest BCUT2D eigenvalue weighted by Crippen LogP contribution is 2.37. The van der Waals surface area contributed by atoms with E-state index in [-0.39, 0.29) is 11.8 Å². The summed E-state index contributed by atoms with van der Waals surface area (Å²) in [5.41, 5.74) is 6.63. The molecule has 2 aromatic heterocycles. The first-order valence-corrected chi connectivity index (χ1v) is 7.09. The highest BCUT2D eigenvalue weighted by molar-refractivity contribution is 7.15. The van der Waals surface area contributed by atoms with Crippen molar-refractivity contribution in [3.8, 4) is 0 Å². The molecule has 0 spiro atoms. The second-order valence-corrected chi connectivity index (χ2v) is 5.62. The number of nitrogen functional groups attached to an aromatic ring is 1. The molecule has 19 heavy (non-hydrogen) atoms. The minimum atomic E-state index is -0.0763. The quantitative estimate of drug-likeness (QED) is 0.880. The first-order chi connectivity index (χ1) is 9.17. The van der Waals surface area contributed by atoms with Gasteiger partial charge in [0.25, 0.3) is 0 Å². The van der Waals surface area contributed by atoms with Gasteiger partial charge in [0.2, 0.25) is 5.91 Å². The number of aryl methyl sites for hydroxylation is 1. The third kappa shape index (κ3) is 2.23. The Labute approximate surface area is 114 Å². The van der Waals surface area contributed by atoms with Gasteiger partial charge in [-0.15, -0.1) is 11.3 Å². The maximum atomic E-state index is 11.8. The molecule has 100 valence electrons. The second-order valence-electron chi connectivity index (χ2n) is 4.55. The average Bonchev–Trinajstić information content (AvgIpc) is 2.97. The topological polar surface area (TPSA) is 81.2 Å². The van der Waals surface area contributed by atoms with Crippen molar-refractivity contribution in [2.24, 2.45) is 0 Å². The van der Waals surface area contributed by atoms with Crippen LogP contribution in [-0.2, 0) is 17.8 Å². The number of hydrogen-bond acceptors (Lipinski definition) is 5. The summed E-state index contributed by atoms with van der Waals surface area (Å²) in [5, 5.41) is 3.38. The Hall–Kier alpha value is -1.82. The molecule has 0 saturated heterocycles. The summed E-state index contributed by atoms with van der Waals surface area (Å²) < 4.78 is 5.80. The van der Waals surface area contributed by atoms with Crippen LogP contribution in [0.4, 0.5) is 5.13 Å². The molecular formula is C13H15N3O2S. The molecule has 1 amide bonds.